The summed E-state index contributed by atoms with van der Waals surface area (Å²) in [6.45, 7) is 1.41. The van der Waals surface area contributed by atoms with Crippen LogP contribution in [-0.2, 0) is 14.8 Å². The third-order valence-electron chi connectivity index (χ3n) is 3.65. The Bertz CT molecular complexity index is 1070. The number of nitrogens with one attached hydrogen (secondary N) is 2. The van der Waals surface area contributed by atoms with Gasteiger partial charge in [0.05, 0.1) is 12.1 Å². The van der Waals surface area contributed by atoms with Crippen molar-refractivity contribution in [3.05, 3.63) is 66.1 Å². The van der Waals surface area contributed by atoms with Crippen molar-refractivity contribution in [2.45, 2.75) is 11.8 Å². The maximum Gasteiger partial charge on any atom is 0.243 e. The predicted octanol–water partition coefficient (Wildman–Crippen LogP) is 2.60. The number of benzene rings is 2. The molecular weight excluding hydrogens is 357 g/mol. The zero-order valence-corrected chi connectivity index (χ0v) is 14.7. The maximum absolute atomic E-state index is 12.9. The molecular formula is C18H16FN3O3S. The molecule has 0 saturated heterocycles. The van der Waals surface area contributed by atoms with E-state index in [1.807, 2.05) is 13.0 Å². The van der Waals surface area contributed by atoms with E-state index in [1.165, 1.54) is 30.3 Å². The molecule has 2 N–H and O–H groups in total. The van der Waals surface area contributed by atoms with Crippen LogP contribution < -0.4 is 10.0 Å². The second kappa shape index (κ2) is 7.19. The summed E-state index contributed by atoms with van der Waals surface area (Å²) in [5, 5.41) is 3.19. The highest BCUT2D eigenvalue weighted by molar-refractivity contribution is 7.89. The average molecular weight is 373 g/mol. The number of carbonyl (C=O) groups is 1. The number of halogens is 1. The number of amides is 1. The van der Waals surface area contributed by atoms with Crippen LogP contribution in [0.15, 0.2) is 59.6 Å². The molecule has 3 aromatic rings. The van der Waals surface area contributed by atoms with Crippen molar-refractivity contribution in [3.63, 3.8) is 0 Å². The molecule has 134 valence electrons. The lowest BCUT2D eigenvalue weighted by Crippen LogP contribution is -2.33. The van der Waals surface area contributed by atoms with Crippen LogP contribution in [-0.4, -0.2) is 25.9 Å². The number of pyridine rings is 1. The van der Waals surface area contributed by atoms with E-state index < -0.39 is 28.3 Å². The molecule has 1 aromatic heterocycles. The molecule has 0 unspecified atom stereocenters. The second-order valence-corrected chi connectivity index (χ2v) is 7.46. The molecule has 2 aromatic carbocycles. The zero-order valence-electron chi connectivity index (χ0n) is 13.9. The fraction of sp³-hybridized carbons (Fsp3) is 0.111. The van der Waals surface area contributed by atoms with E-state index in [-0.39, 0.29) is 4.90 Å². The van der Waals surface area contributed by atoms with Crippen molar-refractivity contribution in [2.24, 2.45) is 0 Å². The highest BCUT2D eigenvalue weighted by atomic mass is 32.2. The quantitative estimate of drug-likeness (QED) is 0.720. The first-order valence-corrected chi connectivity index (χ1v) is 9.24. The van der Waals surface area contributed by atoms with Crippen LogP contribution in [0.4, 0.5) is 10.1 Å². The fourth-order valence-electron chi connectivity index (χ4n) is 2.44. The zero-order chi connectivity index (χ0) is 18.7. The molecule has 0 saturated carbocycles. The number of aromatic nitrogens is 1. The third kappa shape index (κ3) is 4.04. The van der Waals surface area contributed by atoms with Gasteiger partial charge in [0.2, 0.25) is 15.9 Å². The van der Waals surface area contributed by atoms with E-state index in [0.717, 1.165) is 5.56 Å². The van der Waals surface area contributed by atoms with E-state index in [1.54, 1.807) is 18.3 Å². The standard InChI is InChI=1S/C18H16FN3O3S/c1-12-9-13-3-2-4-16(18(13)20-10-12)26(24,25)21-11-17(23)22-15-7-5-14(19)6-8-15/h2-10,21H,11H2,1H3,(H,22,23). The summed E-state index contributed by atoms with van der Waals surface area (Å²) in [4.78, 5) is 16.1. The molecule has 3 rings (SSSR count). The van der Waals surface area contributed by atoms with E-state index >= 15 is 0 Å². The summed E-state index contributed by atoms with van der Waals surface area (Å²) >= 11 is 0. The second-order valence-electron chi connectivity index (χ2n) is 5.72. The lowest BCUT2D eigenvalue weighted by Gasteiger charge is -2.10. The molecule has 0 spiro atoms. The van der Waals surface area contributed by atoms with Crippen molar-refractivity contribution in [2.75, 3.05) is 11.9 Å². The van der Waals surface area contributed by atoms with Gasteiger partial charge >= 0.3 is 0 Å². The van der Waals surface area contributed by atoms with Crippen LogP contribution >= 0.6 is 0 Å². The normalized spacial score (nSPS) is 11.5. The number of hydrogen-bond acceptors (Lipinski definition) is 4. The number of hydrogen-bond donors (Lipinski definition) is 2. The van der Waals surface area contributed by atoms with Gasteiger partial charge in [0, 0.05) is 17.3 Å². The summed E-state index contributed by atoms with van der Waals surface area (Å²) < 4.78 is 40.2. The Morgan fingerprint density at radius 2 is 1.88 bits per heavy atom. The number of sulfonamides is 1. The van der Waals surface area contributed by atoms with E-state index in [0.29, 0.717) is 16.6 Å². The summed E-state index contributed by atoms with van der Waals surface area (Å²) in [7, 11) is -3.93. The first-order valence-electron chi connectivity index (χ1n) is 7.76. The van der Waals surface area contributed by atoms with Crippen LogP contribution in [0, 0.1) is 12.7 Å². The Labute approximate surface area is 150 Å². The molecule has 26 heavy (non-hydrogen) atoms. The number of carbonyl (C=O) groups excluding carboxylic acids is 1. The lowest BCUT2D eigenvalue weighted by atomic mass is 10.2. The van der Waals surface area contributed by atoms with Gasteiger partial charge in [-0.05, 0) is 48.9 Å². The number of fused-ring (bicyclic) bond motifs is 1. The Morgan fingerprint density at radius 1 is 1.15 bits per heavy atom. The largest absolute Gasteiger partial charge is 0.325 e. The smallest absolute Gasteiger partial charge is 0.243 e. The Balaban J connectivity index is 1.75. The molecule has 8 heteroatoms. The number of para-hydroxylation sites is 1. The van der Waals surface area contributed by atoms with Crippen LogP contribution in [0.25, 0.3) is 10.9 Å². The number of aryl methyl sites for hydroxylation is 1. The van der Waals surface area contributed by atoms with Crippen LogP contribution in [0.5, 0.6) is 0 Å². The van der Waals surface area contributed by atoms with Crippen molar-refractivity contribution < 1.29 is 17.6 Å². The first kappa shape index (κ1) is 18.0. The minimum atomic E-state index is -3.93. The highest BCUT2D eigenvalue weighted by Gasteiger charge is 2.19. The molecule has 0 aliphatic heterocycles. The van der Waals surface area contributed by atoms with Gasteiger partial charge < -0.3 is 5.32 Å². The van der Waals surface area contributed by atoms with Gasteiger partial charge in [-0.25, -0.2) is 17.5 Å². The van der Waals surface area contributed by atoms with Gasteiger partial charge in [0.25, 0.3) is 0 Å². The van der Waals surface area contributed by atoms with E-state index in [2.05, 4.69) is 15.0 Å². The third-order valence-corrected chi connectivity index (χ3v) is 5.08. The average Bonchev–Trinajstić information content (AvgIpc) is 2.61. The van der Waals surface area contributed by atoms with E-state index in [9.17, 15) is 17.6 Å². The Morgan fingerprint density at radius 3 is 2.62 bits per heavy atom. The fourth-order valence-corrected chi connectivity index (χ4v) is 3.60. The molecule has 0 bridgehead atoms. The van der Waals surface area contributed by atoms with Gasteiger partial charge in [0.1, 0.15) is 10.7 Å². The Kier molecular flexibility index (Phi) is 4.97. The van der Waals surface area contributed by atoms with Gasteiger partial charge in [0.15, 0.2) is 0 Å². The minimum Gasteiger partial charge on any atom is -0.325 e. The molecule has 0 fully saturated rings. The monoisotopic (exact) mass is 373 g/mol. The molecule has 0 aliphatic rings. The summed E-state index contributed by atoms with van der Waals surface area (Å²) in [5.41, 5.74) is 1.63. The van der Waals surface area contributed by atoms with E-state index in [4.69, 9.17) is 0 Å². The summed E-state index contributed by atoms with van der Waals surface area (Å²) in [6.07, 6.45) is 1.59. The van der Waals surface area contributed by atoms with Gasteiger partial charge in [-0.3, -0.25) is 9.78 Å². The molecule has 0 aliphatic carbocycles. The molecule has 1 amide bonds. The predicted molar refractivity (Wildman–Crippen MR) is 96.7 cm³/mol. The molecule has 1 heterocycles. The first-order chi connectivity index (χ1) is 12.3. The number of anilines is 1. The summed E-state index contributed by atoms with van der Waals surface area (Å²) in [5.74, 6) is -0.994. The summed E-state index contributed by atoms with van der Waals surface area (Å²) in [6, 6.07) is 11.8. The van der Waals surface area contributed by atoms with Gasteiger partial charge in [-0.2, -0.15) is 0 Å². The van der Waals surface area contributed by atoms with Crippen molar-refractivity contribution >= 4 is 32.5 Å². The van der Waals surface area contributed by atoms with Crippen molar-refractivity contribution in [1.29, 1.82) is 0 Å². The minimum absolute atomic E-state index is 0.00424. The van der Waals surface area contributed by atoms with Crippen LogP contribution in [0.3, 0.4) is 0 Å². The molecule has 0 atom stereocenters. The van der Waals surface area contributed by atoms with Crippen LogP contribution in [0.2, 0.25) is 0 Å². The SMILES string of the molecule is Cc1cnc2c(S(=O)(=O)NCC(=O)Nc3ccc(F)cc3)cccc2c1. The lowest BCUT2D eigenvalue weighted by molar-refractivity contribution is -0.115. The molecule has 6 nitrogen and oxygen atoms in total. The highest BCUT2D eigenvalue weighted by Crippen LogP contribution is 2.21. The van der Waals surface area contributed by atoms with Crippen molar-refractivity contribution in [1.82, 2.24) is 9.71 Å². The number of nitrogens with zero attached hydrogens (tertiary/aromatic N) is 1. The van der Waals surface area contributed by atoms with Crippen LogP contribution in [0.1, 0.15) is 5.56 Å². The Hall–Kier alpha value is -2.84. The van der Waals surface area contributed by atoms with Gasteiger partial charge in [-0.1, -0.05) is 12.1 Å². The van der Waals surface area contributed by atoms with Gasteiger partial charge in [-0.15, -0.1) is 0 Å². The molecule has 0 radical (unpaired) electrons. The topological polar surface area (TPSA) is 88.2 Å². The maximum atomic E-state index is 12.9. The van der Waals surface area contributed by atoms with Crippen molar-refractivity contribution in [3.8, 4) is 0 Å². The number of rotatable bonds is 5.